The third-order valence-corrected chi connectivity index (χ3v) is 6.88. The Balaban J connectivity index is 1.58. The molecular formula is C17H17N3O5S3. The maximum atomic E-state index is 12.3. The summed E-state index contributed by atoms with van der Waals surface area (Å²) in [6.07, 6.45) is 1.49. The van der Waals surface area contributed by atoms with Crippen LogP contribution in [0.2, 0.25) is 0 Å². The van der Waals surface area contributed by atoms with Gasteiger partial charge in [0.15, 0.2) is 5.13 Å². The van der Waals surface area contributed by atoms with Crippen LogP contribution >= 0.6 is 11.3 Å². The van der Waals surface area contributed by atoms with E-state index in [1.54, 1.807) is 29.6 Å². The molecule has 0 saturated carbocycles. The van der Waals surface area contributed by atoms with Gasteiger partial charge in [0.2, 0.25) is 10.0 Å². The van der Waals surface area contributed by atoms with E-state index in [1.807, 2.05) is 6.07 Å². The van der Waals surface area contributed by atoms with Crippen molar-refractivity contribution in [3.05, 3.63) is 66.2 Å². The highest BCUT2D eigenvalue weighted by atomic mass is 32.2. The van der Waals surface area contributed by atoms with E-state index in [2.05, 4.69) is 14.4 Å². The van der Waals surface area contributed by atoms with Crippen LogP contribution in [0, 0.1) is 0 Å². The largest absolute Gasteiger partial charge is 0.492 e. The van der Waals surface area contributed by atoms with Crippen LogP contribution in [0.15, 0.2) is 71.1 Å². The Morgan fingerprint density at radius 2 is 1.64 bits per heavy atom. The van der Waals surface area contributed by atoms with E-state index >= 15 is 0 Å². The van der Waals surface area contributed by atoms with Gasteiger partial charge in [-0.1, -0.05) is 18.2 Å². The highest BCUT2D eigenvalue weighted by molar-refractivity contribution is 7.93. The van der Waals surface area contributed by atoms with Crippen LogP contribution in [-0.4, -0.2) is 34.2 Å². The summed E-state index contributed by atoms with van der Waals surface area (Å²) in [6, 6.07) is 14.3. The molecule has 0 radical (unpaired) electrons. The lowest BCUT2D eigenvalue weighted by Crippen LogP contribution is -2.21. The minimum absolute atomic E-state index is 0.00180. The molecule has 3 rings (SSSR count). The molecule has 148 valence electrons. The van der Waals surface area contributed by atoms with Gasteiger partial charge in [0.25, 0.3) is 10.0 Å². The number of aromatic nitrogens is 1. The number of benzene rings is 2. The lowest BCUT2D eigenvalue weighted by Gasteiger charge is -2.10. The van der Waals surface area contributed by atoms with Gasteiger partial charge in [-0.2, -0.15) is 0 Å². The highest BCUT2D eigenvalue weighted by Crippen LogP contribution is 2.20. The first-order chi connectivity index (χ1) is 13.3. The second-order valence-electron chi connectivity index (χ2n) is 5.55. The Bertz CT molecular complexity index is 1100. The minimum Gasteiger partial charge on any atom is -0.492 e. The first kappa shape index (κ1) is 20.1. The van der Waals surface area contributed by atoms with Gasteiger partial charge in [-0.15, -0.1) is 11.3 Å². The average Bonchev–Trinajstić information content (AvgIpc) is 3.15. The molecule has 0 fully saturated rings. The number of nitrogens with one attached hydrogen (secondary N) is 2. The molecule has 28 heavy (non-hydrogen) atoms. The van der Waals surface area contributed by atoms with Crippen molar-refractivity contribution >= 4 is 42.2 Å². The molecule has 0 saturated heterocycles. The second-order valence-corrected chi connectivity index (χ2v) is 9.97. The summed E-state index contributed by atoms with van der Waals surface area (Å²) in [6.45, 7) is -0.0104. The molecule has 11 heteroatoms. The predicted molar refractivity (Wildman–Crippen MR) is 109 cm³/mol. The molecule has 0 bridgehead atoms. The average molecular weight is 440 g/mol. The summed E-state index contributed by atoms with van der Waals surface area (Å²) < 4.78 is 59.0. The maximum Gasteiger partial charge on any atom is 0.263 e. The zero-order valence-corrected chi connectivity index (χ0v) is 16.9. The van der Waals surface area contributed by atoms with Crippen molar-refractivity contribution in [3.63, 3.8) is 0 Å². The first-order valence-corrected chi connectivity index (χ1v) is 12.1. The molecule has 2 aromatic carbocycles. The molecule has 8 nitrogen and oxygen atoms in total. The van der Waals surface area contributed by atoms with Crippen molar-refractivity contribution < 1.29 is 21.6 Å². The van der Waals surface area contributed by atoms with Crippen molar-refractivity contribution in [1.29, 1.82) is 0 Å². The van der Waals surface area contributed by atoms with Crippen molar-refractivity contribution in [2.24, 2.45) is 0 Å². The minimum atomic E-state index is -3.79. The van der Waals surface area contributed by atoms with E-state index in [1.165, 1.54) is 30.5 Å². The van der Waals surface area contributed by atoms with Gasteiger partial charge in [-0.05, 0) is 36.4 Å². The number of nitrogens with zero attached hydrogens (tertiary/aromatic N) is 1. The SMILES string of the molecule is O=S(=O)(CCOc1ccccc1)Nc1ccc(S(=O)(=O)Nc2nccs2)cc1. The molecule has 1 aromatic heterocycles. The van der Waals surface area contributed by atoms with Crippen molar-refractivity contribution in [2.75, 3.05) is 21.8 Å². The standard InChI is InChI=1S/C17H17N3O5S3/c21-27(22,13-11-25-15-4-2-1-3-5-15)19-14-6-8-16(9-7-14)28(23,24)20-17-18-10-12-26-17/h1-10,12,19H,11,13H2,(H,18,20). The lowest BCUT2D eigenvalue weighted by molar-refractivity contribution is 0.341. The van der Waals surface area contributed by atoms with Crippen LogP contribution in [0.25, 0.3) is 0 Å². The fourth-order valence-electron chi connectivity index (χ4n) is 2.17. The highest BCUT2D eigenvalue weighted by Gasteiger charge is 2.16. The quantitative estimate of drug-likeness (QED) is 0.530. The molecule has 0 aliphatic heterocycles. The summed E-state index contributed by atoms with van der Waals surface area (Å²) in [7, 11) is -7.43. The number of anilines is 2. The Kier molecular flexibility index (Phi) is 6.17. The molecule has 2 N–H and O–H groups in total. The van der Waals surface area contributed by atoms with Crippen molar-refractivity contribution in [1.82, 2.24) is 4.98 Å². The van der Waals surface area contributed by atoms with Gasteiger partial charge in [0.1, 0.15) is 18.1 Å². The fraction of sp³-hybridized carbons (Fsp3) is 0.118. The van der Waals surface area contributed by atoms with Crippen LogP contribution in [0.5, 0.6) is 5.75 Å². The molecule has 0 amide bonds. The van der Waals surface area contributed by atoms with E-state index in [0.29, 0.717) is 5.75 Å². The van der Waals surface area contributed by atoms with Gasteiger partial charge in [0, 0.05) is 17.3 Å². The van der Waals surface area contributed by atoms with E-state index in [4.69, 9.17) is 4.74 Å². The normalized spacial score (nSPS) is 11.7. The van der Waals surface area contributed by atoms with Crippen LogP contribution in [0.4, 0.5) is 10.8 Å². The third-order valence-electron chi connectivity index (χ3n) is 3.46. The summed E-state index contributed by atoms with van der Waals surface area (Å²) in [4.78, 5) is 3.87. The second kappa shape index (κ2) is 8.59. The van der Waals surface area contributed by atoms with Crippen LogP contribution in [0.1, 0.15) is 0 Å². The molecule has 0 atom stereocenters. The molecular weight excluding hydrogens is 422 g/mol. The van der Waals surface area contributed by atoms with Crippen molar-refractivity contribution in [3.8, 4) is 5.75 Å². The monoisotopic (exact) mass is 439 g/mol. The molecule has 0 aliphatic carbocycles. The lowest BCUT2D eigenvalue weighted by atomic mass is 10.3. The first-order valence-electron chi connectivity index (χ1n) is 8.05. The number of thiazole rings is 1. The van der Waals surface area contributed by atoms with Gasteiger partial charge in [-0.25, -0.2) is 21.8 Å². The van der Waals surface area contributed by atoms with Gasteiger partial charge < -0.3 is 4.74 Å². The van der Waals surface area contributed by atoms with Gasteiger partial charge >= 0.3 is 0 Å². The summed E-state index contributed by atoms with van der Waals surface area (Å²) >= 11 is 1.16. The number of sulfonamides is 2. The van der Waals surface area contributed by atoms with E-state index < -0.39 is 20.0 Å². The summed E-state index contributed by atoms with van der Waals surface area (Å²) in [5.74, 6) is 0.341. The Hall–Kier alpha value is -2.63. The van der Waals surface area contributed by atoms with Crippen molar-refractivity contribution in [2.45, 2.75) is 4.90 Å². The zero-order valence-electron chi connectivity index (χ0n) is 14.5. The number of ether oxygens (including phenoxy) is 1. The number of hydrogen-bond donors (Lipinski definition) is 2. The Labute approximate surface area is 167 Å². The maximum absolute atomic E-state index is 12.3. The smallest absolute Gasteiger partial charge is 0.263 e. The van der Waals surface area contributed by atoms with Crippen LogP contribution in [-0.2, 0) is 20.0 Å². The van der Waals surface area contributed by atoms with E-state index in [0.717, 1.165) is 11.3 Å². The van der Waals surface area contributed by atoms with Crippen LogP contribution < -0.4 is 14.2 Å². The molecule has 0 spiro atoms. The zero-order chi connectivity index (χ0) is 20.0. The summed E-state index contributed by atoms with van der Waals surface area (Å²) in [5, 5.41) is 1.90. The van der Waals surface area contributed by atoms with E-state index in [9.17, 15) is 16.8 Å². The number of para-hydroxylation sites is 1. The number of rotatable bonds is 9. The van der Waals surface area contributed by atoms with Crippen LogP contribution in [0.3, 0.4) is 0 Å². The van der Waals surface area contributed by atoms with E-state index in [-0.39, 0.29) is 28.1 Å². The predicted octanol–water partition coefficient (Wildman–Crippen LogP) is 2.76. The Morgan fingerprint density at radius 1 is 0.929 bits per heavy atom. The molecule has 3 aromatic rings. The van der Waals surface area contributed by atoms with Gasteiger partial charge in [0.05, 0.1) is 4.90 Å². The third kappa shape index (κ3) is 5.68. The Morgan fingerprint density at radius 3 is 2.29 bits per heavy atom. The molecule has 1 heterocycles. The van der Waals surface area contributed by atoms with Gasteiger partial charge in [-0.3, -0.25) is 9.44 Å². The molecule has 0 unspecified atom stereocenters. The summed E-state index contributed by atoms with van der Waals surface area (Å²) in [5.41, 5.74) is 0.257. The topological polar surface area (TPSA) is 114 Å². The molecule has 0 aliphatic rings. The fourth-order valence-corrected chi connectivity index (χ4v) is 4.86. The number of hydrogen-bond acceptors (Lipinski definition) is 7.